The predicted molar refractivity (Wildman–Crippen MR) is 192 cm³/mol. The van der Waals surface area contributed by atoms with Crippen LogP contribution in [0.2, 0.25) is 0 Å². The minimum atomic E-state index is -0.878. The van der Waals surface area contributed by atoms with Crippen molar-refractivity contribution in [1.29, 1.82) is 0 Å². The number of benzene rings is 3. The normalized spacial score (nSPS) is 14.5. The van der Waals surface area contributed by atoms with Crippen LogP contribution in [-0.2, 0) is 16.1 Å². The van der Waals surface area contributed by atoms with E-state index in [1.807, 2.05) is 19.1 Å². The molecule has 1 aliphatic rings. The molecule has 0 spiro atoms. The van der Waals surface area contributed by atoms with E-state index in [-0.39, 0.29) is 30.2 Å². The maximum absolute atomic E-state index is 14.4. The molecular weight excluding hydrogens is 837 g/mol. The number of halogens is 3. The molecule has 0 amide bonds. The summed E-state index contributed by atoms with van der Waals surface area (Å²) < 4.78 is 41.0. The van der Waals surface area contributed by atoms with Crippen molar-refractivity contribution in [2.24, 2.45) is 4.99 Å². The molecule has 0 unspecified atom stereocenters. The molecule has 1 atom stereocenters. The second-order valence-corrected chi connectivity index (χ2v) is 13.6. The van der Waals surface area contributed by atoms with Crippen molar-refractivity contribution in [3.63, 3.8) is 0 Å². The molecule has 2 heterocycles. The Hall–Kier alpha value is -3.24. The van der Waals surface area contributed by atoms with Gasteiger partial charge in [0.2, 0.25) is 0 Å². The number of aromatic nitrogens is 1. The van der Waals surface area contributed by atoms with Crippen LogP contribution in [0.25, 0.3) is 6.08 Å². The largest absolute Gasteiger partial charge is 0.497 e. The standard InChI is InChI=1S/C34H31FI2N2O6S/c1-5-9-26-29(33(41)44-6-2)30(23-17-22(42-3)12-13-27(23)43-4)39-32(40)28(46-34(39)38-26)15-20-14-21(36)16-25(37)31(20)45-18-19-10-7-8-11-24(19)35/h7-8,10-17,30H,5-6,9,18H2,1-4H3/b28-15-/t30-/m0/s1. The molecule has 0 fully saturated rings. The third-order valence-corrected chi connectivity index (χ3v) is 9.68. The van der Waals surface area contributed by atoms with Gasteiger partial charge in [-0.2, -0.15) is 0 Å². The highest BCUT2D eigenvalue weighted by Gasteiger charge is 2.36. The number of carbonyl (C=O) groups is 1. The minimum absolute atomic E-state index is 0.0181. The Morgan fingerprint density at radius 3 is 2.57 bits per heavy atom. The van der Waals surface area contributed by atoms with Crippen molar-refractivity contribution in [3.8, 4) is 17.2 Å². The first kappa shape index (κ1) is 34.1. The maximum atomic E-state index is 14.4. The zero-order chi connectivity index (χ0) is 33.0. The van der Waals surface area contributed by atoms with E-state index in [4.69, 9.17) is 23.9 Å². The monoisotopic (exact) mass is 868 g/mol. The second kappa shape index (κ2) is 15.1. The molecule has 0 saturated heterocycles. The number of hydrogen-bond acceptors (Lipinski definition) is 8. The summed E-state index contributed by atoms with van der Waals surface area (Å²) in [6, 6.07) is 14.7. The molecule has 5 rings (SSSR count). The van der Waals surface area contributed by atoms with Gasteiger partial charge in [-0.25, -0.2) is 14.2 Å². The summed E-state index contributed by atoms with van der Waals surface area (Å²) in [6.07, 6.45) is 2.99. The van der Waals surface area contributed by atoms with E-state index in [1.54, 1.807) is 56.5 Å². The summed E-state index contributed by atoms with van der Waals surface area (Å²) >= 11 is 5.62. The lowest BCUT2D eigenvalue weighted by molar-refractivity contribution is -0.139. The van der Waals surface area contributed by atoms with Crippen molar-refractivity contribution in [1.82, 2.24) is 4.57 Å². The molecule has 0 bridgehead atoms. The summed E-state index contributed by atoms with van der Waals surface area (Å²) in [5.74, 6) is 0.650. The van der Waals surface area contributed by atoms with Crippen LogP contribution in [-0.4, -0.2) is 31.4 Å². The number of carbonyl (C=O) groups excluding carboxylic acids is 1. The van der Waals surface area contributed by atoms with Gasteiger partial charge in [0, 0.05) is 20.3 Å². The summed E-state index contributed by atoms with van der Waals surface area (Å²) in [4.78, 5) is 33.3. The number of hydrogen-bond donors (Lipinski definition) is 0. The van der Waals surface area contributed by atoms with Gasteiger partial charge in [0.25, 0.3) is 5.56 Å². The Morgan fingerprint density at radius 1 is 1.09 bits per heavy atom. The highest BCUT2D eigenvalue weighted by atomic mass is 127. The van der Waals surface area contributed by atoms with Crippen molar-refractivity contribution >= 4 is 68.6 Å². The first-order chi connectivity index (χ1) is 22.2. The number of fused-ring (bicyclic) bond motifs is 1. The number of esters is 1. The van der Waals surface area contributed by atoms with E-state index >= 15 is 0 Å². The lowest BCUT2D eigenvalue weighted by Crippen LogP contribution is -2.40. The fourth-order valence-corrected chi connectivity index (χ4v) is 8.27. The van der Waals surface area contributed by atoms with Crippen LogP contribution < -0.4 is 29.1 Å². The third-order valence-electron chi connectivity index (χ3n) is 7.28. The summed E-state index contributed by atoms with van der Waals surface area (Å²) in [6.45, 7) is 3.92. The number of rotatable bonds is 11. The summed E-state index contributed by atoms with van der Waals surface area (Å²) in [5, 5.41) is 0. The SMILES string of the molecule is CCCC1=C(C(=O)OCC)[C@H](c2cc(OC)ccc2OC)n2c(s/c(=C\c3cc(I)cc(I)c3OCc3ccccc3F)c2=O)=N1. The number of nitrogens with zero attached hydrogens (tertiary/aromatic N) is 2. The quantitative estimate of drug-likeness (QED) is 0.126. The minimum Gasteiger partial charge on any atom is -0.497 e. The third kappa shape index (κ3) is 7.03. The average molecular weight is 869 g/mol. The molecule has 0 saturated carbocycles. The van der Waals surface area contributed by atoms with Crippen LogP contribution in [0.1, 0.15) is 49.4 Å². The molecule has 1 aliphatic heterocycles. The van der Waals surface area contributed by atoms with Crippen LogP contribution in [0.15, 0.2) is 75.7 Å². The Bertz CT molecular complexity index is 2010. The molecule has 8 nitrogen and oxygen atoms in total. The lowest BCUT2D eigenvalue weighted by Gasteiger charge is -2.27. The Balaban J connectivity index is 1.74. The molecule has 240 valence electrons. The van der Waals surface area contributed by atoms with Crippen LogP contribution in [0.5, 0.6) is 17.2 Å². The highest BCUT2D eigenvalue weighted by molar-refractivity contribution is 14.1. The zero-order valence-corrected chi connectivity index (χ0v) is 30.7. The fourth-order valence-electron chi connectivity index (χ4n) is 5.21. The van der Waals surface area contributed by atoms with Gasteiger partial charge < -0.3 is 18.9 Å². The second-order valence-electron chi connectivity index (χ2n) is 10.2. The fraction of sp³-hybridized carbons (Fsp3) is 0.265. The van der Waals surface area contributed by atoms with Gasteiger partial charge in [0.1, 0.15) is 35.7 Å². The average Bonchev–Trinajstić information content (AvgIpc) is 3.34. The Kier molecular flexibility index (Phi) is 11.2. The molecular formula is C34H31FI2N2O6S. The molecule has 0 radical (unpaired) electrons. The first-order valence-corrected chi connectivity index (χ1v) is 17.5. The van der Waals surface area contributed by atoms with Crippen molar-refractivity contribution in [3.05, 3.63) is 115 Å². The number of ether oxygens (including phenoxy) is 4. The maximum Gasteiger partial charge on any atom is 0.338 e. The Labute approximate surface area is 296 Å². The van der Waals surface area contributed by atoms with Crippen molar-refractivity contribution in [2.75, 3.05) is 20.8 Å². The van der Waals surface area contributed by atoms with E-state index in [9.17, 15) is 14.0 Å². The van der Waals surface area contributed by atoms with E-state index in [0.717, 1.165) is 13.6 Å². The zero-order valence-electron chi connectivity index (χ0n) is 25.6. The molecule has 12 heteroatoms. The van der Waals surface area contributed by atoms with Crippen LogP contribution >= 0.6 is 56.5 Å². The van der Waals surface area contributed by atoms with Gasteiger partial charge in [0.15, 0.2) is 4.80 Å². The van der Waals surface area contributed by atoms with Crippen molar-refractivity contribution < 1.29 is 28.1 Å². The van der Waals surface area contributed by atoms with Crippen LogP contribution in [0.3, 0.4) is 0 Å². The summed E-state index contributed by atoms with van der Waals surface area (Å²) in [7, 11) is 3.09. The van der Waals surface area contributed by atoms with Gasteiger partial charge in [-0.15, -0.1) is 0 Å². The van der Waals surface area contributed by atoms with Gasteiger partial charge >= 0.3 is 5.97 Å². The Morgan fingerprint density at radius 2 is 1.87 bits per heavy atom. The van der Waals surface area contributed by atoms with Gasteiger partial charge in [-0.3, -0.25) is 9.36 Å². The smallest absolute Gasteiger partial charge is 0.338 e. The van der Waals surface area contributed by atoms with Crippen LogP contribution in [0, 0.1) is 13.0 Å². The molecule has 4 aromatic rings. The molecule has 1 aromatic heterocycles. The van der Waals surface area contributed by atoms with Gasteiger partial charge in [-0.1, -0.05) is 42.9 Å². The summed E-state index contributed by atoms with van der Waals surface area (Å²) in [5.41, 5.74) is 2.15. The molecule has 0 N–H and O–H groups in total. The number of thiazole rings is 1. The number of methoxy groups -OCH3 is 2. The highest BCUT2D eigenvalue weighted by Crippen LogP contribution is 2.39. The van der Waals surface area contributed by atoms with E-state index in [2.05, 4.69) is 45.2 Å². The van der Waals surface area contributed by atoms with Crippen molar-refractivity contribution in [2.45, 2.75) is 39.3 Å². The lowest BCUT2D eigenvalue weighted by atomic mass is 9.93. The van der Waals surface area contributed by atoms with Crippen LogP contribution in [0.4, 0.5) is 4.39 Å². The molecule has 0 aliphatic carbocycles. The van der Waals surface area contributed by atoms with Gasteiger partial charge in [0.05, 0.1) is 40.2 Å². The van der Waals surface area contributed by atoms with E-state index in [1.165, 1.54) is 29.1 Å². The van der Waals surface area contributed by atoms with E-state index < -0.39 is 12.0 Å². The van der Waals surface area contributed by atoms with Gasteiger partial charge in [-0.05, 0) is 101 Å². The molecule has 46 heavy (non-hydrogen) atoms. The molecule has 3 aromatic carbocycles. The predicted octanol–water partition coefficient (Wildman–Crippen LogP) is 6.52. The first-order valence-electron chi connectivity index (χ1n) is 14.5. The number of allylic oxidation sites excluding steroid dienone is 1. The van der Waals surface area contributed by atoms with E-state index in [0.29, 0.717) is 55.4 Å². The topological polar surface area (TPSA) is 88.4 Å².